The Kier molecular flexibility index (Phi) is 5.79. The predicted molar refractivity (Wildman–Crippen MR) is 68.2 cm³/mol. The minimum atomic E-state index is -2.73. The molecule has 1 atom stereocenters. The lowest BCUT2D eigenvalue weighted by atomic mass is 9.89. The molecule has 3 nitrogen and oxygen atoms in total. The summed E-state index contributed by atoms with van der Waals surface area (Å²) in [7, 11) is 0. The number of nitrogens with one attached hydrogen (secondary N) is 2. The largest absolute Gasteiger partial charge is 0.354 e. The van der Waals surface area contributed by atoms with E-state index in [1.165, 1.54) is 19.3 Å². The molecule has 18 heavy (non-hydrogen) atoms. The zero-order chi connectivity index (χ0) is 12.3. The third-order valence-electron chi connectivity index (χ3n) is 3.72. The van der Waals surface area contributed by atoms with Crippen LogP contribution in [0.4, 0.5) is 8.78 Å². The summed E-state index contributed by atoms with van der Waals surface area (Å²) in [6.45, 7) is 0.261. The predicted octanol–water partition coefficient (Wildman–Crippen LogP) is 2.10. The van der Waals surface area contributed by atoms with Crippen molar-refractivity contribution >= 4 is 18.3 Å². The van der Waals surface area contributed by atoms with E-state index < -0.39 is 12.0 Å². The van der Waals surface area contributed by atoms with Crippen LogP contribution in [-0.4, -0.2) is 31.0 Å². The van der Waals surface area contributed by atoms with Gasteiger partial charge in [0, 0.05) is 13.0 Å². The molecule has 0 spiro atoms. The highest BCUT2D eigenvalue weighted by molar-refractivity contribution is 5.85. The maximum absolute atomic E-state index is 12.9. The molecule has 1 saturated heterocycles. The van der Waals surface area contributed by atoms with Gasteiger partial charge in [0.15, 0.2) is 0 Å². The number of hydrogen-bond donors (Lipinski definition) is 2. The molecule has 2 N–H and O–H groups in total. The van der Waals surface area contributed by atoms with E-state index in [9.17, 15) is 13.6 Å². The topological polar surface area (TPSA) is 41.1 Å². The summed E-state index contributed by atoms with van der Waals surface area (Å²) >= 11 is 0. The number of rotatable bonds is 3. The molecule has 6 heteroatoms. The Morgan fingerprint density at radius 3 is 2.50 bits per heavy atom. The van der Waals surface area contributed by atoms with Crippen molar-refractivity contribution in [1.29, 1.82) is 0 Å². The molecule has 0 aromatic rings. The first-order valence-corrected chi connectivity index (χ1v) is 6.46. The summed E-state index contributed by atoms with van der Waals surface area (Å²) in [5.41, 5.74) is 0. The molecule has 1 saturated carbocycles. The number of amides is 1. The second kappa shape index (κ2) is 6.66. The van der Waals surface area contributed by atoms with Gasteiger partial charge >= 0.3 is 0 Å². The molecule has 0 aromatic carbocycles. The van der Waals surface area contributed by atoms with Crippen LogP contribution < -0.4 is 10.6 Å². The Morgan fingerprint density at radius 2 is 1.94 bits per heavy atom. The Bertz CT molecular complexity index is 283. The van der Waals surface area contributed by atoms with Crippen LogP contribution >= 0.6 is 12.4 Å². The maximum atomic E-state index is 12.9. The van der Waals surface area contributed by atoms with Crippen molar-refractivity contribution in [2.24, 2.45) is 5.92 Å². The van der Waals surface area contributed by atoms with Gasteiger partial charge in [-0.15, -0.1) is 12.4 Å². The van der Waals surface area contributed by atoms with Gasteiger partial charge < -0.3 is 5.32 Å². The zero-order valence-corrected chi connectivity index (χ0v) is 11.2. The van der Waals surface area contributed by atoms with Gasteiger partial charge in [0.25, 0.3) is 5.92 Å². The van der Waals surface area contributed by atoms with Gasteiger partial charge in [0.05, 0.1) is 12.6 Å². The summed E-state index contributed by atoms with van der Waals surface area (Å²) < 4.78 is 25.8. The van der Waals surface area contributed by atoms with Gasteiger partial charge in [0.1, 0.15) is 0 Å². The monoisotopic (exact) mass is 282 g/mol. The fourth-order valence-corrected chi connectivity index (χ4v) is 2.66. The first kappa shape index (κ1) is 15.6. The SMILES string of the molecule is Cl.O=C(NCC1CCCCC1)C1CC(F)(F)CN1. The quantitative estimate of drug-likeness (QED) is 0.832. The highest BCUT2D eigenvalue weighted by Gasteiger charge is 2.42. The van der Waals surface area contributed by atoms with Crippen LogP contribution in [0.1, 0.15) is 38.5 Å². The minimum absolute atomic E-state index is 0. The smallest absolute Gasteiger partial charge is 0.262 e. The number of carbonyl (C=O) groups is 1. The molecule has 1 aliphatic heterocycles. The molecule has 0 radical (unpaired) electrons. The van der Waals surface area contributed by atoms with Gasteiger partial charge in [-0.3, -0.25) is 10.1 Å². The summed E-state index contributed by atoms with van der Waals surface area (Å²) in [5, 5.41) is 5.37. The van der Waals surface area contributed by atoms with Gasteiger partial charge in [-0.05, 0) is 18.8 Å². The van der Waals surface area contributed by atoms with E-state index in [0.717, 1.165) is 12.8 Å². The van der Waals surface area contributed by atoms with Crippen molar-refractivity contribution in [3.63, 3.8) is 0 Å². The van der Waals surface area contributed by atoms with Gasteiger partial charge in [-0.1, -0.05) is 19.3 Å². The number of halogens is 3. The van der Waals surface area contributed by atoms with Crippen molar-refractivity contribution in [2.45, 2.75) is 50.5 Å². The average Bonchev–Trinajstić information content (AvgIpc) is 2.68. The summed E-state index contributed by atoms with van der Waals surface area (Å²) in [6.07, 6.45) is 5.65. The fourth-order valence-electron chi connectivity index (χ4n) is 2.66. The molecule has 2 rings (SSSR count). The third kappa shape index (κ3) is 4.35. The molecule has 1 heterocycles. The van der Waals surface area contributed by atoms with E-state index in [4.69, 9.17) is 0 Å². The first-order chi connectivity index (χ1) is 8.07. The van der Waals surface area contributed by atoms with E-state index in [2.05, 4.69) is 10.6 Å². The van der Waals surface area contributed by atoms with Gasteiger partial charge in [-0.25, -0.2) is 8.78 Å². The highest BCUT2D eigenvalue weighted by atomic mass is 35.5. The molecule has 1 amide bonds. The zero-order valence-electron chi connectivity index (χ0n) is 10.4. The molecule has 2 fully saturated rings. The fraction of sp³-hybridized carbons (Fsp3) is 0.917. The van der Waals surface area contributed by atoms with Crippen LogP contribution in [0.2, 0.25) is 0 Å². The number of alkyl halides is 2. The van der Waals surface area contributed by atoms with Crippen LogP contribution in [0.3, 0.4) is 0 Å². The van der Waals surface area contributed by atoms with Crippen molar-refractivity contribution in [3.8, 4) is 0 Å². The molecule has 106 valence electrons. The van der Waals surface area contributed by atoms with E-state index in [1.54, 1.807) is 0 Å². The summed E-state index contributed by atoms with van der Waals surface area (Å²) in [6, 6.07) is -0.714. The summed E-state index contributed by atoms with van der Waals surface area (Å²) in [4.78, 5) is 11.7. The second-order valence-electron chi connectivity index (χ2n) is 5.24. The van der Waals surface area contributed by atoms with E-state index >= 15 is 0 Å². The second-order valence-corrected chi connectivity index (χ2v) is 5.24. The van der Waals surface area contributed by atoms with Crippen LogP contribution in [0, 0.1) is 5.92 Å². The molecule has 1 aliphatic carbocycles. The molecule has 1 unspecified atom stereocenters. The van der Waals surface area contributed by atoms with Gasteiger partial charge in [-0.2, -0.15) is 0 Å². The normalized spacial score (nSPS) is 27.6. The number of carbonyl (C=O) groups excluding carboxylic acids is 1. The third-order valence-corrected chi connectivity index (χ3v) is 3.72. The molecule has 2 aliphatic rings. The first-order valence-electron chi connectivity index (χ1n) is 6.46. The van der Waals surface area contributed by atoms with Crippen molar-refractivity contribution in [2.75, 3.05) is 13.1 Å². The Labute approximate surface area is 112 Å². The van der Waals surface area contributed by atoms with E-state index in [1.807, 2.05) is 0 Å². The van der Waals surface area contributed by atoms with Crippen LogP contribution in [0.25, 0.3) is 0 Å². The van der Waals surface area contributed by atoms with Crippen molar-refractivity contribution in [3.05, 3.63) is 0 Å². The lowest BCUT2D eigenvalue weighted by Gasteiger charge is -2.22. The van der Waals surface area contributed by atoms with E-state index in [0.29, 0.717) is 12.5 Å². The van der Waals surface area contributed by atoms with Crippen LogP contribution in [0.15, 0.2) is 0 Å². The minimum Gasteiger partial charge on any atom is -0.354 e. The van der Waals surface area contributed by atoms with E-state index in [-0.39, 0.29) is 31.3 Å². The summed E-state index contributed by atoms with van der Waals surface area (Å²) in [5.74, 6) is -2.46. The molecular formula is C12H21ClF2N2O. The van der Waals surface area contributed by atoms with Crippen molar-refractivity contribution < 1.29 is 13.6 Å². The number of hydrogen-bond acceptors (Lipinski definition) is 2. The lowest BCUT2D eigenvalue weighted by molar-refractivity contribution is -0.123. The standard InChI is InChI=1S/C12H20F2N2O.ClH/c13-12(14)6-10(16-8-12)11(17)15-7-9-4-2-1-3-5-9;/h9-10,16H,1-8H2,(H,15,17);1H. The Morgan fingerprint density at radius 1 is 1.28 bits per heavy atom. The lowest BCUT2D eigenvalue weighted by Crippen LogP contribution is -2.42. The van der Waals surface area contributed by atoms with Crippen LogP contribution in [-0.2, 0) is 4.79 Å². The highest BCUT2D eigenvalue weighted by Crippen LogP contribution is 2.26. The average molecular weight is 283 g/mol. The maximum Gasteiger partial charge on any atom is 0.262 e. The molecule has 0 bridgehead atoms. The molecule has 0 aromatic heterocycles. The Balaban J connectivity index is 0.00000162. The van der Waals surface area contributed by atoms with Gasteiger partial charge in [0.2, 0.25) is 5.91 Å². The Hall–Kier alpha value is -0.420. The van der Waals surface area contributed by atoms with Crippen molar-refractivity contribution in [1.82, 2.24) is 10.6 Å². The van der Waals surface area contributed by atoms with Crippen LogP contribution in [0.5, 0.6) is 0 Å². The molecular weight excluding hydrogens is 262 g/mol.